The number of hydrogen-bond acceptors (Lipinski definition) is 3. The molecule has 1 N–H and O–H groups in total. The number of rotatable bonds is 4. The normalized spacial score (nSPS) is 26.4. The van der Waals surface area contributed by atoms with Crippen LogP contribution in [0.25, 0.3) is 0 Å². The summed E-state index contributed by atoms with van der Waals surface area (Å²) in [5.74, 6) is 0. The minimum atomic E-state index is -0.688. The van der Waals surface area contributed by atoms with Crippen molar-refractivity contribution in [2.45, 2.75) is 25.2 Å². The molecule has 1 fully saturated rings. The van der Waals surface area contributed by atoms with Crippen LogP contribution in [-0.4, -0.2) is 47.0 Å². The van der Waals surface area contributed by atoms with Gasteiger partial charge in [-0.3, -0.25) is 9.58 Å². The second-order valence-corrected chi connectivity index (χ2v) is 4.42. The van der Waals surface area contributed by atoms with Crippen LogP contribution < -0.4 is 5.32 Å². The largest absolute Gasteiger partial charge is 0.318 e. The molecule has 1 aromatic rings. The van der Waals surface area contributed by atoms with Crippen LogP contribution in [0.5, 0.6) is 0 Å². The molecule has 0 unspecified atom stereocenters. The molecule has 1 saturated heterocycles. The summed E-state index contributed by atoms with van der Waals surface area (Å²) in [4.78, 5) is 2.19. The van der Waals surface area contributed by atoms with Crippen molar-refractivity contribution >= 4 is 0 Å². The third-order valence-corrected chi connectivity index (χ3v) is 3.20. The van der Waals surface area contributed by atoms with E-state index in [4.69, 9.17) is 0 Å². The molecular weight excluding hydrogens is 207 g/mol. The summed E-state index contributed by atoms with van der Waals surface area (Å²) >= 11 is 0. The average Bonchev–Trinajstić information content (AvgIpc) is 2.77. The van der Waals surface area contributed by atoms with Gasteiger partial charge in [0.15, 0.2) is 0 Å². The Kier molecular flexibility index (Phi) is 3.56. The van der Waals surface area contributed by atoms with Crippen molar-refractivity contribution < 1.29 is 4.39 Å². The van der Waals surface area contributed by atoms with Crippen LogP contribution in [0.1, 0.15) is 12.1 Å². The maximum atomic E-state index is 13.4. The highest BCUT2D eigenvalue weighted by Crippen LogP contribution is 2.21. The molecule has 1 aliphatic rings. The molecule has 4 nitrogen and oxygen atoms in total. The highest BCUT2D eigenvalue weighted by atomic mass is 19.1. The Balaban J connectivity index is 2.00. The minimum absolute atomic E-state index is 0.301. The lowest BCUT2D eigenvalue weighted by molar-refractivity contribution is 0.227. The maximum Gasteiger partial charge on any atom is 0.114 e. The van der Waals surface area contributed by atoms with E-state index < -0.39 is 6.17 Å². The number of nitrogens with zero attached hydrogens (tertiary/aromatic N) is 3. The first-order chi connectivity index (χ1) is 7.70. The highest BCUT2D eigenvalue weighted by Gasteiger charge is 2.31. The van der Waals surface area contributed by atoms with Crippen molar-refractivity contribution in [3.8, 4) is 0 Å². The van der Waals surface area contributed by atoms with E-state index in [9.17, 15) is 4.39 Å². The molecule has 0 aromatic carbocycles. The number of likely N-dealkylation sites (tertiary alicyclic amines) is 1. The fourth-order valence-corrected chi connectivity index (χ4v) is 2.33. The SMILES string of the molecule is CNC[C@H]1C[C@@H](F)CN1Cc1ccnn1C. The standard InChI is InChI=1S/C11H19FN4/c1-13-6-11-5-9(12)7-16(11)8-10-3-4-14-15(10)2/h3-4,9,11,13H,5-8H2,1-2H3/t9-,11-/m1/s1. The molecule has 1 aliphatic heterocycles. The van der Waals surface area contributed by atoms with Gasteiger partial charge >= 0.3 is 0 Å². The van der Waals surface area contributed by atoms with E-state index in [1.54, 1.807) is 6.20 Å². The molecule has 5 heteroatoms. The second kappa shape index (κ2) is 4.93. The van der Waals surface area contributed by atoms with Crippen LogP contribution in [0.2, 0.25) is 0 Å². The Morgan fingerprint density at radius 3 is 3.06 bits per heavy atom. The highest BCUT2D eigenvalue weighted by molar-refractivity contribution is 5.01. The van der Waals surface area contributed by atoms with Gasteiger partial charge in [-0.25, -0.2) is 4.39 Å². The zero-order valence-electron chi connectivity index (χ0n) is 9.86. The molecule has 0 spiro atoms. The van der Waals surface area contributed by atoms with Gasteiger partial charge in [0, 0.05) is 38.9 Å². The molecule has 16 heavy (non-hydrogen) atoms. The predicted octanol–water partition coefficient (Wildman–Crippen LogP) is 0.552. The number of likely N-dealkylation sites (N-methyl/N-ethyl adjacent to an activating group) is 1. The smallest absolute Gasteiger partial charge is 0.114 e. The molecular formula is C11H19FN4. The summed E-state index contributed by atoms with van der Waals surface area (Å²) in [6, 6.07) is 2.29. The molecule has 0 saturated carbocycles. The van der Waals surface area contributed by atoms with Crippen molar-refractivity contribution in [2.24, 2.45) is 7.05 Å². The fraction of sp³-hybridized carbons (Fsp3) is 0.727. The minimum Gasteiger partial charge on any atom is -0.318 e. The molecule has 0 bridgehead atoms. The van der Waals surface area contributed by atoms with E-state index >= 15 is 0 Å². The monoisotopic (exact) mass is 226 g/mol. The van der Waals surface area contributed by atoms with Crippen LogP contribution in [0.15, 0.2) is 12.3 Å². The Bertz CT molecular complexity index is 338. The predicted molar refractivity (Wildman–Crippen MR) is 60.8 cm³/mol. The van der Waals surface area contributed by atoms with Crippen LogP contribution in [0, 0.1) is 0 Å². The van der Waals surface area contributed by atoms with Gasteiger partial charge in [-0.05, 0) is 19.5 Å². The summed E-state index contributed by atoms with van der Waals surface area (Å²) in [6.07, 6.45) is 1.73. The number of nitrogens with one attached hydrogen (secondary N) is 1. The van der Waals surface area contributed by atoms with Crippen LogP contribution >= 0.6 is 0 Å². The second-order valence-electron chi connectivity index (χ2n) is 4.42. The van der Waals surface area contributed by atoms with Gasteiger partial charge in [-0.2, -0.15) is 5.10 Å². The summed E-state index contributed by atoms with van der Waals surface area (Å²) in [5, 5.41) is 7.25. The number of aromatic nitrogens is 2. The number of aryl methyl sites for hydroxylation is 1. The van der Waals surface area contributed by atoms with Gasteiger partial charge in [-0.15, -0.1) is 0 Å². The average molecular weight is 226 g/mol. The Morgan fingerprint density at radius 2 is 2.44 bits per heavy atom. The Labute approximate surface area is 95.4 Å². The first kappa shape index (κ1) is 11.5. The number of hydrogen-bond donors (Lipinski definition) is 1. The summed E-state index contributed by atoms with van der Waals surface area (Å²) in [6.45, 7) is 2.17. The van der Waals surface area contributed by atoms with Crippen molar-refractivity contribution in [3.63, 3.8) is 0 Å². The van der Waals surface area contributed by atoms with Gasteiger partial charge in [0.05, 0.1) is 5.69 Å². The fourth-order valence-electron chi connectivity index (χ4n) is 2.33. The summed E-state index contributed by atoms with van der Waals surface area (Å²) < 4.78 is 15.2. The number of halogens is 1. The van der Waals surface area contributed by atoms with E-state index in [1.807, 2.05) is 24.8 Å². The molecule has 2 atom stereocenters. The zero-order chi connectivity index (χ0) is 11.5. The van der Waals surface area contributed by atoms with E-state index in [2.05, 4.69) is 15.3 Å². The van der Waals surface area contributed by atoms with E-state index in [0.717, 1.165) is 18.8 Å². The van der Waals surface area contributed by atoms with E-state index in [0.29, 0.717) is 19.0 Å². The molecule has 1 aromatic heterocycles. The third kappa shape index (κ3) is 2.41. The van der Waals surface area contributed by atoms with Gasteiger partial charge in [0.1, 0.15) is 6.17 Å². The van der Waals surface area contributed by atoms with Crippen molar-refractivity contribution in [1.29, 1.82) is 0 Å². The van der Waals surface area contributed by atoms with Crippen LogP contribution in [0.4, 0.5) is 4.39 Å². The lowest BCUT2D eigenvalue weighted by Crippen LogP contribution is -2.36. The molecule has 0 radical (unpaired) electrons. The summed E-state index contributed by atoms with van der Waals surface area (Å²) in [7, 11) is 3.83. The lowest BCUT2D eigenvalue weighted by atomic mass is 10.2. The lowest BCUT2D eigenvalue weighted by Gasteiger charge is -2.23. The van der Waals surface area contributed by atoms with Crippen molar-refractivity contribution in [2.75, 3.05) is 20.1 Å². The molecule has 0 amide bonds. The third-order valence-electron chi connectivity index (χ3n) is 3.20. The quantitative estimate of drug-likeness (QED) is 0.814. The van der Waals surface area contributed by atoms with Crippen LogP contribution in [-0.2, 0) is 13.6 Å². The molecule has 90 valence electrons. The summed E-state index contributed by atoms with van der Waals surface area (Å²) in [5.41, 5.74) is 1.13. The zero-order valence-corrected chi connectivity index (χ0v) is 9.86. The van der Waals surface area contributed by atoms with E-state index in [-0.39, 0.29) is 0 Å². The first-order valence-electron chi connectivity index (χ1n) is 5.70. The number of alkyl halides is 1. The maximum absolute atomic E-state index is 13.4. The van der Waals surface area contributed by atoms with Crippen molar-refractivity contribution in [3.05, 3.63) is 18.0 Å². The Hall–Kier alpha value is -0.940. The molecule has 2 heterocycles. The first-order valence-corrected chi connectivity index (χ1v) is 5.70. The Morgan fingerprint density at radius 1 is 1.62 bits per heavy atom. The van der Waals surface area contributed by atoms with Crippen LogP contribution in [0.3, 0.4) is 0 Å². The van der Waals surface area contributed by atoms with Gasteiger partial charge in [0.25, 0.3) is 0 Å². The topological polar surface area (TPSA) is 33.1 Å². The molecule has 0 aliphatic carbocycles. The van der Waals surface area contributed by atoms with Crippen molar-refractivity contribution in [1.82, 2.24) is 20.0 Å². The van der Waals surface area contributed by atoms with E-state index in [1.165, 1.54) is 0 Å². The van der Waals surface area contributed by atoms with Gasteiger partial charge in [-0.1, -0.05) is 0 Å². The van der Waals surface area contributed by atoms with Gasteiger partial charge in [0.2, 0.25) is 0 Å². The van der Waals surface area contributed by atoms with Gasteiger partial charge < -0.3 is 5.32 Å². The molecule has 2 rings (SSSR count).